The summed E-state index contributed by atoms with van der Waals surface area (Å²) in [6, 6.07) is -0.136. The molecule has 2 bridgehead atoms. The van der Waals surface area contributed by atoms with Crippen LogP contribution in [-0.2, 0) is 11.8 Å². The number of urea groups is 1. The summed E-state index contributed by atoms with van der Waals surface area (Å²) >= 11 is 0. The molecule has 0 aliphatic carbocycles. The zero-order valence-corrected chi connectivity index (χ0v) is 19.6. The van der Waals surface area contributed by atoms with Crippen LogP contribution in [0.15, 0.2) is 54.5 Å². The van der Waals surface area contributed by atoms with E-state index in [9.17, 15) is 22.8 Å². The minimum absolute atomic E-state index is 0.166. The number of amides is 3. The van der Waals surface area contributed by atoms with Crippen LogP contribution in [0.4, 0.5) is 23.8 Å². The molecule has 3 aliphatic heterocycles. The maximum absolute atomic E-state index is 13.5. The number of nitrogens with zero attached hydrogens (tertiary/aromatic N) is 5. The average molecular weight is 503 g/mol. The number of alkyl halides is 3. The van der Waals surface area contributed by atoms with E-state index in [2.05, 4.69) is 25.5 Å². The summed E-state index contributed by atoms with van der Waals surface area (Å²) in [6.07, 6.45) is 4.30. The van der Waals surface area contributed by atoms with Crippen LogP contribution in [0.25, 0.3) is 11.3 Å². The SMILES string of the molecule is C[C@@H](NC(=O)C1C=CC2=C(N1)N(C(=O)Nc1cc(-c3cncn3C)ccn1)[C@H]1CCN2C1)C(F)(F)F. The number of imidazole rings is 1. The van der Waals surface area contributed by atoms with E-state index in [1.807, 2.05) is 23.0 Å². The molecule has 2 aromatic rings. The molecular formula is C23H25F3N8O2. The smallest absolute Gasteiger partial charge is 0.366 e. The van der Waals surface area contributed by atoms with Crippen LogP contribution in [0.2, 0.25) is 0 Å². The van der Waals surface area contributed by atoms with Gasteiger partial charge >= 0.3 is 12.2 Å². The highest BCUT2D eigenvalue weighted by Gasteiger charge is 2.43. The maximum atomic E-state index is 13.5. The van der Waals surface area contributed by atoms with Crippen molar-refractivity contribution in [2.24, 2.45) is 7.05 Å². The first-order chi connectivity index (χ1) is 17.1. The van der Waals surface area contributed by atoms with Gasteiger partial charge in [-0.25, -0.2) is 14.8 Å². The van der Waals surface area contributed by atoms with Gasteiger partial charge in [0.1, 0.15) is 23.7 Å². The van der Waals surface area contributed by atoms with Crippen molar-refractivity contribution in [1.29, 1.82) is 0 Å². The Bertz CT molecular complexity index is 1250. The monoisotopic (exact) mass is 502 g/mol. The molecule has 1 unspecified atom stereocenters. The molecule has 3 amide bonds. The molecule has 0 spiro atoms. The van der Waals surface area contributed by atoms with Crippen molar-refractivity contribution < 1.29 is 22.8 Å². The van der Waals surface area contributed by atoms with Crippen LogP contribution in [0.1, 0.15) is 13.3 Å². The lowest BCUT2D eigenvalue weighted by Crippen LogP contribution is -2.57. The number of fused-ring (bicyclic) bond motifs is 3. The lowest BCUT2D eigenvalue weighted by Gasteiger charge is -2.41. The topological polar surface area (TPSA) is 107 Å². The molecule has 3 aliphatic rings. The molecule has 5 heterocycles. The summed E-state index contributed by atoms with van der Waals surface area (Å²) in [6.45, 7) is 2.21. The molecular weight excluding hydrogens is 477 g/mol. The lowest BCUT2D eigenvalue weighted by molar-refractivity contribution is -0.158. The Labute approximate surface area is 204 Å². The van der Waals surface area contributed by atoms with Crippen molar-refractivity contribution >= 4 is 17.8 Å². The van der Waals surface area contributed by atoms with E-state index in [0.29, 0.717) is 30.3 Å². The average Bonchev–Trinajstić information content (AvgIpc) is 3.45. The zero-order valence-electron chi connectivity index (χ0n) is 19.6. The number of allylic oxidation sites excluding steroid dienone is 1. The highest BCUT2D eigenvalue weighted by atomic mass is 19.4. The molecule has 1 saturated heterocycles. The number of aryl methyl sites for hydroxylation is 1. The summed E-state index contributed by atoms with van der Waals surface area (Å²) in [5.74, 6) is -0.117. The molecule has 190 valence electrons. The van der Waals surface area contributed by atoms with Gasteiger partial charge in [-0.1, -0.05) is 6.08 Å². The van der Waals surface area contributed by atoms with Crippen LogP contribution in [0.5, 0.6) is 0 Å². The van der Waals surface area contributed by atoms with E-state index in [0.717, 1.165) is 24.7 Å². The van der Waals surface area contributed by atoms with E-state index in [-0.39, 0.29) is 6.04 Å². The van der Waals surface area contributed by atoms with Gasteiger partial charge < -0.3 is 20.1 Å². The van der Waals surface area contributed by atoms with Gasteiger partial charge in [0.25, 0.3) is 0 Å². The van der Waals surface area contributed by atoms with Gasteiger partial charge in [0.15, 0.2) is 0 Å². The van der Waals surface area contributed by atoms with Crippen LogP contribution < -0.4 is 16.0 Å². The van der Waals surface area contributed by atoms with Crippen LogP contribution >= 0.6 is 0 Å². The molecule has 13 heteroatoms. The van der Waals surface area contributed by atoms with Crippen molar-refractivity contribution in [3.8, 4) is 11.3 Å². The van der Waals surface area contributed by atoms with Crippen molar-refractivity contribution in [2.75, 3.05) is 18.4 Å². The van der Waals surface area contributed by atoms with E-state index < -0.39 is 30.2 Å². The van der Waals surface area contributed by atoms with Gasteiger partial charge in [0.2, 0.25) is 5.91 Å². The van der Waals surface area contributed by atoms with Crippen molar-refractivity contribution in [2.45, 2.75) is 37.6 Å². The second-order valence-corrected chi connectivity index (χ2v) is 9.00. The number of anilines is 1. The van der Waals surface area contributed by atoms with Gasteiger partial charge in [-0.2, -0.15) is 13.2 Å². The molecule has 5 rings (SSSR count). The Morgan fingerprint density at radius 2 is 2.11 bits per heavy atom. The third-order valence-corrected chi connectivity index (χ3v) is 6.55. The van der Waals surface area contributed by atoms with Crippen LogP contribution in [0.3, 0.4) is 0 Å². The first kappa shape index (κ1) is 23.7. The Morgan fingerprint density at radius 3 is 2.83 bits per heavy atom. The first-order valence-corrected chi connectivity index (χ1v) is 11.5. The molecule has 2 aromatic heterocycles. The summed E-state index contributed by atoms with van der Waals surface area (Å²) in [7, 11) is 1.86. The fraction of sp³-hybridized carbons (Fsp3) is 0.391. The molecule has 10 nitrogen and oxygen atoms in total. The van der Waals surface area contributed by atoms with E-state index in [1.54, 1.807) is 30.9 Å². The predicted molar refractivity (Wildman–Crippen MR) is 124 cm³/mol. The standard InChI is InChI=1S/C23H25F3N8O2/c1-13(23(24,25)26)29-21(35)16-3-4-17-20(30-16)34(15-6-8-33(17)11-15)22(36)31-19-9-14(5-7-28-19)18-10-27-12-32(18)2/h3-5,7,9-10,12-13,15-16,30H,6,8,11H2,1-2H3,(H,29,35)(H,28,31,36)/t13-,15+,16?/m1/s1. The maximum Gasteiger partial charge on any atom is 0.408 e. The number of carbonyl (C=O) groups is 2. The molecule has 3 atom stereocenters. The minimum Gasteiger partial charge on any atom is -0.366 e. The predicted octanol–water partition coefficient (Wildman–Crippen LogP) is 2.17. The van der Waals surface area contributed by atoms with E-state index in [1.165, 1.54) is 11.0 Å². The van der Waals surface area contributed by atoms with Gasteiger partial charge in [0, 0.05) is 31.9 Å². The summed E-state index contributed by atoms with van der Waals surface area (Å²) in [4.78, 5) is 38.0. The van der Waals surface area contributed by atoms with Crippen molar-refractivity contribution in [3.63, 3.8) is 0 Å². The van der Waals surface area contributed by atoms with Gasteiger partial charge in [-0.15, -0.1) is 0 Å². The highest BCUT2D eigenvalue weighted by Crippen LogP contribution is 2.34. The van der Waals surface area contributed by atoms with Crippen molar-refractivity contribution in [3.05, 3.63) is 54.5 Å². The van der Waals surface area contributed by atoms with Gasteiger partial charge in [-0.05, 0) is 31.6 Å². The Balaban J connectivity index is 1.36. The number of aromatic nitrogens is 3. The number of hydrogen-bond donors (Lipinski definition) is 3. The third kappa shape index (κ3) is 4.36. The molecule has 0 radical (unpaired) electrons. The fourth-order valence-corrected chi connectivity index (χ4v) is 4.61. The van der Waals surface area contributed by atoms with Gasteiger partial charge in [-0.3, -0.25) is 15.0 Å². The van der Waals surface area contributed by atoms with E-state index in [4.69, 9.17) is 0 Å². The Morgan fingerprint density at radius 1 is 1.31 bits per heavy atom. The van der Waals surface area contributed by atoms with E-state index >= 15 is 0 Å². The normalized spacial score (nSPS) is 21.7. The second-order valence-electron chi connectivity index (χ2n) is 9.00. The number of halogens is 3. The number of hydrogen-bond acceptors (Lipinski definition) is 6. The van der Waals surface area contributed by atoms with Gasteiger partial charge in [0.05, 0.1) is 30.0 Å². The largest absolute Gasteiger partial charge is 0.408 e. The lowest BCUT2D eigenvalue weighted by atomic mass is 10.1. The molecule has 0 saturated carbocycles. The third-order valence-electron chi connectivity index (χ3n) is 6.55. The number of pyridine rings is 1. The van der Waals surface area contributed by atoms with Crippen LogP contribution in [-0.4, -0.2) is 73.7 Å². The minimum atomic E-state index is -4.56. The highest BCUT2D eigenvalue weighted by molar-refractivity contribution is 5.91. The number of rotatable bonds is 4. The number of nitrogens with one attached hydrogen (secondary N) is 3. The molecule has 36 heavy (non-hydrogen) atoms. The molecule has 1 fully saturated rings. The Kier molecular flexibility index (Phi) is 5.85. The quantitative estimate of drug-likeness (QED) is 0.592. The summed E-state index contributed by atoms with van der Waals surface area (Å²) in [5.41, 5.74) is 2.38. The molecule has 3 N–H and O–H groups in total. The first-order valence-electron chi connectivity index (χ1n) is 11.5. The summed E-state index contributed by atoms with van der Waals surface area (Å²) < 4.78 is 40.6. The number of dihydropyridines is 1. The second kappa shape index (κ2) is 8.88. The fourth-order valence-electron chi connectivity index (χ4n) is 4.61. The Hall–Kier alpha value is -4.03. The molecule has 0 aromatic carbocycles. The zero-order chi connectivity index (χ0) is 25.6. The van der Waals surface area contributed by atoms with Crippen molar-refractivity contribution in [1.82, 2.24) is 35.0 Å². The summed E-state index contributed by atoms with van der Waals surface area (Å²) in [5, 5.41) is 7.78. The number of carbonyl (C=O) groups excluding carboxylic acids is 2. The van der Waals surface area contributed by atoms with Crippen LogP contribution in [0, 0.1) is 0 Å².